The quantitative estimate of drug-likeness (QED) is 0.640. The van der Waals surface area contributed by atoms with Gasteiger partial charge in [-0.15, -0.1) is 0 Å². The third kappa shape index (κ3) is 4.85. The first kappa shape index (κ1) is 19.3. The first-order valence-electron chi connectivity index (χ1n) is 9.82. The molecular weight excluding hydrogens is 336 g/mol. The molecule has 0 aromatic heterocycles. The first-order valence-corrected chi connectivity index (χ1v) is 13.0. The van der Waals surface area contributed by atoms with Crippen molar-refractivity contribution in [2.24, 2.45) is 5.92 Å². The van der Waals surface area contributed by atoms with Gasteiger partial charge in [0.25, 0.3) is 0 Å². The third-order valence-corrected chi connectivity index (χ3v) is 9.03. The predicted molar refractivity (Wildman–Crippen MR) is 112 cm³/mol. The maximum atomic E-state index is 6.49. The van der Waals surface area contributed by atoms with Crippen LogP contribution in [0.3, 0.4) is 0 Å². The maximum Gasteiger partial charge on any atom is 0.0864 e. The van der Waals surface area contributed by atoms with Crippen LogP contribution in [0.2, 0.25) is 19.1 Å². The highest BCUT2D eigenvalue weighted by atomic mass is 28.3. The van der Waals surface area contributed by atoms with Crippen molar-refractivity contribution in [1.29, 1.82) is 0 Å². The lowest BCUT2D eigenvalue weighted by Gasteiger charge is -2.27. The Labute approximate surface area is 159 Å². The Kier molecular flexibility index (Phi) is 6.33. The number of hydrogen-bond acceptors (Lipinski definition) is 2. The minimum absolute atomic E-state index is 0.122. The molecule has 1 fully saturated rings. The van der Waals surface area contributed by atoms with Crippen molar-refractivity contribution in [1.82, 2.24) is 0 Å². The molecule has 0 saturated carbocycles. The molecule has 140 valence electrons. The molecule has 4 atom stereocenters. The molecule has 0 spiro atoms. The van der Waals surface area contributed by atoms with Crippen LogP contribution in [0.25, 0.3) is 0 Å². The first-order chi connectivity index (χ1) is 12.5. The molecule has 2 aromatic rings. The molecule has 1 heterocycles. The van der Waals surface area contributed by atoms with E-state index in [-0.39, 0.29) is 12.2 Å². The maximum absolute atomic E-state index is 6.49. The predicted octanol–water partition coefficient (Wildman–Crippen LogP) is 5.00. The zero-order chi connectivity index (χ0) is 18.6. The van der Waals surface area contributed by atoms with Gasteiger partial charge in [-0.05, 0) is 30.9 Å². The molecule has 26 heavy (non-hydrogen) atoms. The fraction of sp³-hybridized carbons (Fsp3) is 0.478. The van der Waals surface area contributed by atoms with E-state index < -0.39 is 8.07 Å². The van der Waals surface area contributed by atoms with E-state index in [0.29, 0.717) is 18.6 Å². The molecule has 2 nitrogen and oxygen atoms in total. The lowest BCUT2D eigenvalue weighted by molar-refractivity contribution is -0.0729. The molecule has 1 saturated heterocycles. The van der Waals surface area contributed by atoms with Gasteiger partial charge in [-0.1, -0.05) is 85.9 Å². The van der Waals surface area contributed by atoms with Crippen molar-refractivity contribution in [2.45, 2.75) is 64.3 Å². The van der Waals surface area contributed by atoms with Crippen LogP contribution >= 0.6 is 0 Å². The van der Waals surface area contributed by atoms with E-state index in [2.05, 4.69) is 81.5 Å². The Morgan fingerprint density at radius 1 is 1.04 bits per heavy atom. The second-order valence-electron chi connectivity index (χ2n) is 8.39. The van der Waals surface area contributed by atoms with Gasteiger partial charge in [0, 0.05) is 0 Å². The Balaban J connectivity index is 1.55. The van der Waals surface area contributed by atoms with Crippen molar-refractivity contribution >= 4 is 13.3 Å². The summed E-state index contributed by atoms with van der Waals surface area (Å²) in [6.45, 7) is 10.0. The lowest BCUT2D eigenvalue weighted by atomic mass is 9.99. The smallest absolute Gasteiger partial charge is 0.0864 e. The Morgan fingerprint density at radius 2 is 1.65 bits per heavy atom. The fourth-order valence-corrected chi connectivity index (χ4v) is 6.87. The van der Waals surface area contributed by atoms with Gasteiger partial charge in [-0.2, -0.15) is 0 Å². The van der Waals surface area contributed by atoms with E-state index in [9.17, 15) is 0 Å². The summed E-state index contributed by atoms with van der Waals surface area (Å²) in [6, 6.07) is 22.6. The van der Waals surface area contributed by atoms with E-state index in [1.165, 1.54) is 16.8 Å². The minimum Gasteiger partial charge on any atom is -0.372 e. The normalized spacial score (nSPS) is 24.5. The Hall–Kier alpha value is -1.42. The van der Waals surface area contributed by atoms with Crippen molar-refractivity contribution in [3.63, 3.8) is 0 Å². The van der Waals surface area contributed by atoms with Gasteiger partial charge in [0.05, 0.1) is 33.0 Å². The van der Waals surface area contributed by atoms with Crippen LogP contribution in [0, 0.1) is 5.92 Å². The van der Waals surface area contributed by atoms with Gasteiger partial charge < -0.3 is 9.47 Å². The molecule has 3 heteroatoms. The summed E-state index contributed by atoms with van der Waals surface area (Å²) in [5.41, 5.74) is 1.22. The van der Waals surface area contributed by atoms with Crippen molar-refractivity contribution in [2.75, 3.05) is 0 Å². The molecular formula is C23H32O2Si. The van der Waals surface area contributed by atoms with Gasteiger partial charge in [-0.3, -0.25) is 0 Å². The number of rotatable bonds is 7. The zero-order valence-corrected chi connectivity index (χ0v) is 17.5. The van der Waals surface area contributed by atoms with Crippen LogP contribution in [0.5, 0.6) is 0 Å². The van der Waals surface area contributed by atoms with Gasteiger partial charge in [0.1, 0.15) is 0 Å². The largest absolute Gasteiger partial charge is 0.372 e. The minimum atomic E-state index is -1.48. The molecule has 3 rings (SSSR count). The van der Waals surface area contributed by atoms with Crippen LogP contribution in [0.1, 0.15) is 25.8 Å². The average molecular weight is 369 g/mol. The van der Waals surface area contributed by atoms with E-state index in [0.717, 1.165) is 6.42 Å². The number of ether oxygens (including phenoxy) is 2. The zero-order valence-electron chi connectivity index (χ0n) is 16.5. The van der Waals surface area contributed by atoms with Gasteiger partial charge in [0.15, 0.2) is 0 Å². The standard InChI is InChI=1S/C23H32O2Si/c1-18-15-21(17-26(3,4)22-13-9-6-10-14-22)25-23(18)19(2)24-16-20-11-7-5-8-12-20/h5-14,18-19,21,23H,15-17H2,1-4H3/t18-,19?,21-,23-/m0/s1. The fourth-order valence-electron chi connectivity index (χ4n) is 4.14. The van der Waals surface area contributed by atoms with Gasteiger partial charge in [0.2, 0.25) is 0 Å². The highest BCUT2D eigenvalue weighted by Crippen LogP contribution is 2.34. The molecule has 0 N–H and O–H groups in total. The van der Waals surface area contributed by atoms with Crippen LogP contribution < -0.4 is 5.19 Å². The van der Waals surface area contributed by atoms with Crippen LogP contribution in [0.15, 0.2) is 60.7 Å². The van der Waals surface area contributed by atoms with E-state index in [4.69, 9.17) is 9.47 Å². The summed E-state index contributed by atoms with van der Waals surface area (Å²) in [4.78, 5) is 0. The number of hydrogen-bond donors (Lipinski definition) is 0. The molecule has 0 aliphatic carbocycles. The summed E-state index contributed by atoms with van der Waals surface area (Å²) in [5, 5.41) is 1.52. The van der Waals surface area contributed by atoms with E-state index in [1.54, 1.807) is 0 Å². The molecule has 1 aliphatic heterocycles. The van der Waals surface area contributed by atoms with Crippen molar-refractivity contribution in [3.05, 3.63) is 66.2 Å². The number of benzene rings is 2. The topological polar surface area (TPSA) is 18.5 Å². The molecule has 0 radical (unpaired) electrons. The van der Waals surface area contributed by atoms with Crippen LogP contribution in [-0.2, 0) is 16.1 Å². The van der Waals surface area contributed by atoms with Gasteiger partial charge in [-0.25, -0.2) is 0 Å². The molecule has 0 bridgehead atoms. The molecule has 1 unspecified atom stereocenters. The summed E-state index contributed by atoms with van der Waals surface area (Å²) in [7, 11) is -1.48. The van der Waals surface area contributed by atoms with Crippen molar-refractivity contribution in [3.8, 4) is 0 Å². The summed E-state index contributed by atoms with van der Waals surface area (Å²) in [6.07, 6.45) is 1.83. The molecule has 2 aromatic carbocycles. The second-order valence-corrected chi connectivity index (χ2v) is 13.1. The van der Waals surface area contributed by atoms with E-state index >= 15 is 0 Å². The summed E-state index contributed by atoms with van der Waals surface area (Å²) >= 11 is 0. The average Bonchev–Trinajstić information content (AvgIpc) is 3.01. The van der Waals surface area contributed by atoms with Crippen LogP contribution in [-0.4, -0.2) is 26.4 Å². The van der Waals surface area contributed by atoms with E-state index in [1.807, 2.05) is 6.07 Å². The van der Waals surface area contributed by atoms with Crippen molar-refractivity contribution < 1.29 is 9.47 Å². The lowest BCUT2D eigenvalue weighted by Crippen LogP contribution is -2.44. The second kappa shape index (κ2) is 8.51. The Morgan fingerprint density at radius 3 is 2.31 bits per heavy atom. The Bertz CT molecular complexity index is 671. The summed E-state index contributed by atoms with van der Waals surface area (Å²) in [5.74, 6) is 0.548. The molecule has 1 aliphatic rings. The monoisotopic (exact) mass is 368 g/mol. The highest BCUT2D eigenvalue weighted by molar-refractivity contribution is 6.89. The van der Waals surface area contributed by atoms with Crippen LogP contribution in [0.4, 0.5) is 0 Å². The molecule has 0 amide bonds. The SMILES string of the molecule is CC(OCc1ccccc1)[C@H]1O[C@H](C[Si](C)(C)c2ccccc2)C[C@@H]1C. The highest BCUT2D eigenvalue weighted by Gasteiger charge is 2.39. The summed E-state index contributed by atoms with van der Waals surface area (Å²) < 4.78 is 12.6. The van der Waals surface area contributed by atoms with Gasteiger partial charge >= 0.3 is 0 Å². The third-order valence-electron chi connectivity index (χ3n) is 5.66.